The van der Waals surface area contributed by atoms with Gasteiger partial charge in [-0.25, -0.2) is 4.79 Å². The second kappa shape index (κ2) is 5.36. The second-order valence-electron chi connectivity index (χ2n) is 4.12. The molecule has 0 aromatic heterocycles. The summed E-state index contributed by atoms with van der Waals surface area (Å²) in [6.45, 7) is 0. The van der Waals surface area contributed by atoms with Crippen LogP contribution in [0.4, 0.5) is 0 Å². The Labute approximate surface area is 104 Å². The highest BCUT2D eigenvalue weighted by molar-refractivity contribution is 8.00. The fourth-order valence-electron chi connectivity index (χ4n) is 1.97. The van der Waals surface area contributed by atoms with Gasteiger partial charge in [0.1, 0.15) is 5.78 Å². The zero-order valence-electron chi connectivity index (χ0n) is 9.39. The third kappa shape index (κ3) is 2.88. The topological polar surface area (TPSA) is 54.4 Å². The van der Waals surface area contributed by atoms with Crippen molar-refractivity contribution in [1.29, 1.82) is 0 Å². The molecule has 1 atom stereocenters. The van der Waals surface area contributed by atoms with Crippen LogP contribution < -0.4 is 0 Å². The predicted molar refractivity (Wildman–Crippen MR) is 66.5 cm³/mol. The number of carbonyl (C=O) groups excluding carboxylic acids is 1. The lowest BCUT2D eigenvalue weighted by molar-refractivity contribution is -0.119. The number of ketones is 1. The van der Waals surface area contributed by atoms with Crippen LogP contribution in [0.15, 0.2) is 29.2 Å². The van der Waals surface area contributed by atoms with E-state index >= 15 is 0 Å². The quantitative estimate of drug-likeness (QED) is 0.896. The first-order valence-electron chi connectivity index (χ1n) is 5.70. The van der Waals surface area contributed by atoms with Crippen molar-refractivity contribution < 1.29 is 14.7 Å². The molecule has 1 fully saturated rings. The van der Waals surface area contributed by atoms with Crippen LogP contribution in [0, 0.1) is 0 Å². The van der Waals surface area contributed by atoms with Crippen molar-refractivity contribution in [3.05, 3.63) is 29.8 Å². The number of carbonyl (C=O) groups is 2. The van der Waals surface area contributed by atoms with Crippen LogP contribution >= 0.6 is 11.8 Å². The SMILES string of the molecule is O=C(O)c1ccccc1SC1CCCCC1=O. The molecule has 1 aromatic rings. The minimum absolute atomic E-state index is 0.0655. The summed E-state index contributed by atoms with van der Waals surface area (Å²) in [5.41, 5.74) is 0.288. The predicted octanol–water partition coefficient (Wildman–Crippen LogP) is 2.99. The molecular weight excluding hydrogens is 236 g/mol. The molecule has 0 amide bonds. The highest BCUT2D eigenvalue weighted by atomic mass is 32.2. The van der Waals surface area contributed by atoms with E-state index in [1.54, 1.807) is 18.2 Å². The Morgan fingerprint density at radius 1 is 1.29 bits per heavy atom. The molecular formula is C13H14O3S. The molecule has 1 aromatic carbocycles. The number of rotatable bonds is 3. The molecule has 0 radical (unpaired) electrons. The maximum atomic E-state index is 11.7. The minimum atomic E-state index is -0.934. The van der Waals surface area contributed by atoms with Gasteiger partial charge in [0, 0.05) is 11.3 Å². The van der Waals surface area contributed by atoms with Gasteiger partial charge in [-0.2, -0.15) is 0 Å². The Morgan fingerprint density at radius 2 is 2.06 bits per heavy atom. The van der Waals surface area contributed by atoms with Gasteiger partial charge in [0.05, 0.1) is 10.8 Å². The average molecular weight is 250 g/mol. The van der Waals surface area contributed by atoms with Gasteiger partial charge in [-0.1, -0.05) is 18.6 Å². The fraction of sp³-hybridized carbons (Fsp3) is 0.385. The molecule has 2 rings (SSSR count). The first-order chi connectivity index (χ1) is 8.18. The Kier molecular flexibility index (Phi) is 3.84. The molecule has 3 nitrogen and oxygen atoms in total. The van der Waals surface area contributed by atoms with E-state index in [4.69, 9.17) is 5.11 Å². The van der Waals surface area contributed by atoms with Crippen LogP contribution in [0.5, 0.6) is 0 Å². The molecule has 1 aliphatic carbocycles. The lowest BCUT2D eigenvalue weighted by atomic mass is 9.99. The van der Waals surface area contributed by atoms with Gasteiger partial charge in [-0.05, 0) is 25.0 Å². The number of hydrogen-bond acceptors (Lipinski definition) is 3. The fourth-order valence-corrected chi connectivity index (χ4v) is 3.25. The highest BCUT2D eigenvalue weighted by Crippen LogP contribution is 2.33. The zero-order chi connectivity index (χ0) is 12.3. The van der Waals surface area contributed by atoms with Crippen LogP contribution in [0.3, 0.4) is 0 Å². The first-order valence-corrected chi connectivity index (χ1v) is 6.58. The highest BCUT2D eigenvalue weighted by Gasteiger charge is 2.24. The van der Waals surface area contributed by atoms with Crippen LogP contribution in [-0.4, -0.2) is 22.1 Å². The van der Waals surface area contributed by atoms with Gasteiger partial charge in [0.15, 0.2) is 0 Å². The van der Waals surface area contributed by atoms with E-state index in [2.05, 4.69) is 0 Å². The van der Waals surface area contributed by atoms with Crippen molar-refractivity contribution in [2.45, 2.75) is 35.8 Å². The summed E-state index contributed by atoms with van der Waals surface area (Å²) >= 11 is 1.40. The standard InChI is InChI=1S/C13H14O3S/c14-10-6-2-4-8-12(10)17-11-7-3-1-5-9(11)13(15)16/h1,3,5,7,12H,2,4,6,8H2,(H,15,16). The molecule has 0 saturated heterocycles. The van der Waals surface area contributed by atoms with Crippen LogP contribution in [-0.2, 0) is 4.79 Å². The summed E-state index contributed by atoms with van der Waals surface area (Å²) in [5, 5.41) is 9.00. The zero-order valence-corrected chi connectivity index (χ0v) is 10.2. The monoisotopic (exact) mass is 250 g/mol. The van der Waals surface area contributed by atoms with Gasteiger partial charge < -0.3 is 5.11 Å². The second-order valence-corrected chi connectivity index (χ2v) is 5.36. The molecule has 0 bridgehead atoms. The summed E-state index contributed by atoms with van der Waals surface area (Å²) in [5.74, 6) is -0.683. The molecule has 4 heteroatoms. The number of hydrogen-bond donors (Lipinski definition) is 1. The molecule has 0 heterocycles. The van der Waals surface area contributed by atoms with Crippen molar-refractivity contribution in [1.82, 2.24) is 0 Å². The number of thioether (sulfide) groups is 1. The first kappa shape index (κ1) is 12.2. The molecule has 1 aliphatic rings. The molecule has 17 heavy (non-hydrogen) atoms. The van der Waals surface area contributed by atoms with Gasteiger partial charge in [0.2, 0.25) is 0 Å². The van der Waals surface area contributed by atoms with E-state index in [0.29, 0.717) is 11.3 Å². The van der Waals surface area contributed by atoms with Crippen molar-refractivity contribution in [3.63, 3.8) is 0 Å². The molecule has 0 aliphatic heterocycles. The van der Waals surface area contributed by atoms with Crippen LogP contribution in [0.25, 0.3) is 0 Å². The summed E-state index contributed by atoms with van der Waals surface area (Å²) in [4.78, 5) is 23.5. The lowest BCUT2D eigenvalue weighted by Gasteiger charge is -2.20. The number of Topliss-reactive ketones (excluding diaryl/α,β-unsaturated/α-hetero) is 1. The van der Waals surface area contributed by atoms with E-state index in [9.17, 15) is 9.59 Å². The van der Waals surface area contributed by atoms with E-state index in [1.807, 2.05) is 6.07 Å². The van der Waals surface area contributed by atoms with Crippen molar-refractivity contribution >= 4 is 23.5 Å². The van der Waals surface area contributed by atoms with Crippen molar-refractivity contribution in [2.75, 3.05) is 0 Å². The molecule has 1 unspecified atom stereocenters. The summed E-state index contributed by atoms with van der Waals surface area (Å²) in [6, 6.07) is 6.87. The lowest BCUT2D eigenvalue weighted by Crippen LogP contribution is -2.21. The number of aromatic carboxylic acids is 1. The molecule has 1 N–H and O–H groups in total. The molecule has 0 spiro atoms. The largest absolute Gasteiger partial charge is 0.478 e. The van der Waals surface area contributed by atoms with Gasteiger partial charge in [-0.3, -0.25) is 4.79 Å². The van der Waals surface area contributed by atoms with Crippen LogP contribution in [0.1, 0.15) is 36.0 Å². The number of benzene rings is 1. The van der Waals surface area contributed by atoms with Crippen molar-refractivity contribution in [2.24, 2.45) is 0 Å². The molecule has 90 valence electrons. The Bertz CT molecular complexity index is 442. The Morgan fingerprint density at radius 3 is 2.76 bits per heavy atom. The van der Waals surface area contributed by atoms with Crippen molar-refractivity contribution in [3.8, 4) is 0 Å². The summed E-state index contributed by atoms with van der Waals surface area (Å²) < 4.78 is 0. The smallest absolute Gasteiger partial charge is 0.336 e. The summed E-state index contributed by atoms with van der Waals surface area (Å²) in [6.07, 6.45) is 3.51. The maximum Gasteiger partial charge on any atom is 0.336 e. The van der Waals surface area contributed by atoms with Gasteiger partial charge in [-0.15, -0.1) is 11.8 Å². The number of carboxylic acids is 1. The third-order valence-electron chi connectivity index (χ3n) is 2.89. The normalized spacial score (nSPS) is 20.2. The van der Waals surface area contributed by atoms with E-state index in [-0.39, 0.29) is 16.6 Å². The van der Waals surface area contributed by atoms with E-state index < -0.39 is 5.97 Å². The third-order valence-corrected chi connectivity index (χ3v) is 4.28. The van der Waals surface area contributed by atoms with Crippen LogP contribution in [0.2, 0.25) is 0 Å². The Balaban J connectivity index is 2.17. The summed E-state index contributed by atoms with van der Waals surface area (Å²) in [7, 11) is 0. The van der Waals surface area contributed by atoms with Gasteiger partial charge in [0.25, 0.3) is 0 Å². The Hall–Kier alpha value is -1.29. The minimum Gasteiger partial charge on any atom is -0.478 e. The van der Waals surface area contributed by atoms with Gasteiger partial charge >= 0.3 is 5.97 Å². The number of carboxylic acid groups (broad SMARTS) is 1. The van der Waals surface area contributed by atoms with E-state index in [1.165, 1.54) is 11.8 Å². The maximum absolute atomic E-state index is 11.7. The molecule has 1 saturated carbocycles. The van der Waals surface area contributed by atoms with E-state index in [0.717, 1.165) is 19.3 Å². The average Bonchev–Trinajstić information content (AvgIpc) is 2.32.